The zero-order valence-electron chi connectivity index (χ0n) is 5.81. The maximum Gasteiger partial charge on any atom is 0.223 e. The summed E-state index contributed by atoms with van der Waals surface area (Å²) in [5.41, 5.74) is 0. The molecule has 53 valence electrons. The highest BCUT2D eigenvalue weighted by Gasteiger charge is 1.92. The molecule has 0 aliphatic heterocycles. The standard InChI is InChI=1S/C6H12NO2/c1-3-6(8)7-4-5-9-2/h3H,4-5H2,1-2H3,(H,7,8). The third-order valence-electron chi connectivity index (χ3n) is 0.868. The highest BCUT2D eigenvalue weighted by atomic mass is 16.5. The number of carbonyl (C=O) groups is 1. The van der Waals surface area contributed by atoms with E-state index in [2.05, 4.69) is 5.32 Å². The van der Waals surface area contributed by atoms with Crippen molar-refractivity contribution in [2.45, 2.75) is 6.92 Å². The summed E-state index contributed by atoms with van der Waals surface area (Å²) in [6.07, 6.45) is 1.48. The maximum absolute atomic E-state index is 10.5. The van der Waals surface area contributed by atoms with Crippen LogP contribution in [0.15, 0.2) is 0 Å². The largest absolute Gasteiger partial charge is 0.383 e. The van der Waals surface area contributed by atoms with Gasteiger partial charge in [0.25, 0.3) is 0 Å². The summed E-state index contributed by atoms with van der Waals surface area (Å²) in [6, 6.07) is 0. The van der Waals surface area contributed by atoms with Gasteiger partial charge in [-0.3, -0.25) is 4.79 Å². The lowest BCUT2D eigenvalue weighted by Gasteiger charge is -1.99. The average molecular weight is 130 g/mol. The molecule has 9 heavy (non-hydrogen) atoms. The molecule has 0 heterocycles. The Morgan fingerprint density at radius 1 is 1.78 bits per heavy atom. The number of methoxy groups -OCH3 is 1. The minimum absolute atomic E-state index is 0.0490. The van der Waals surface area contributed by atoms with Crippen molar-refractivity contribution < 1.29 is 9.53 Å². The summed E-state index contributed by atoms with van der Waals surface area (Å²) in [5.74, 6) is -0.0490. The SMILES string of the molecule is C[CH]C(=O)NCCOC. The van der Waals surface area contributed by atoms with Gasteiger partial charge in [0.05, 0.1) is 6.61 Å². The molecule has 0 bridgehead atoms. The second-order valence-electron chi connectivity index (χ2n) is 1.57. The molecule has 0 aliphatic carbocycles. The third-order valence-corrected chi connectivity index (χ3v) is 0.868. The molecule has 0 aromatic carbocycles. The van der Waals surface area contributed by atoms with Gasteiger partial charge in [-0.1, -0.05) is 6.92 Å². The first kappa shape index (κ1) is 8.43. The average Bonchev–Trinajstić information content (AvgIpc) is 1.89. The lowest BCUT2D eigenvalue weighted by molar-refractivity contribution is -0.117. The molecule has 3 heteroatoms. The van der Waals surface area contributed by atoms with Crippen LogP contribution in [0.3, 0.4) is 0 Å². The van der Waals surface area contributed by atoms with Crippen molar-refractivity contribution in [1.82, 2.24) is 5.32 Å². The van der Waals surface area contributed by atoms with Crippen LogP contribution in [-0.2, 0) is 9.53 Å². The number of nitrogens with one attached hydrogen (secondary N) is 1. The predicted octanol–water partition coefficient (Wildman–Crippen LogP) is -0.0268. The quantitative estimate of drug-likeness (QED) is 0.543. The monoisotopic (exact) mass is 130 g/mol. The van der Waals surface area contributed by atoms with Crippen LogP contribution >= 0.6 is 0 Å². The Morgan fingerprint density at radius 2 is 2.44 bits per heavy atom. The summed E-state index contributed by atoms with van der Waals surface area (Å²) in [4.78, 5) is 10.5. The van der Waals surface area contributed by atoms with Crippen molar-refractivity contribution in [3.05, 3.63) is 6.42 Å². The van der Waals surface area contributed by atoms with Crippen LogP contribution in [-0.4, -0.2) is 26.2 Å². The molecule has 0 atom stereocenters. The van der Waals surface area contributed by atoms with Crippen LogP contribution in [0.2, 0.25) is 0 Å². The number of hydrogen-bond acceptors (Lipinski definition) is 2. The van der Waals surface area contributed by atoms with E-state index in [-0.39, 0.29) is 5.91 Å². The Balaban J connectivity index is 2.97. The molecule has 1 radical (unpaired) electrons. The van der Waals surface area contributed by atoms with Gasteiger partial charge in [0, 0.05) is 20.1 Å². The number of rotatable bonds is 4. The Labute approximate surface area is 55.4 Å². The zero-order valence-corrected chi connectivity index (χ0v) is 5.81. The van der Waals surface area contributed by atoms with Crippen LogP contribution in [0.5, 0.6) is 0 Å². The van der Waals surface area contributed by atoms with Crippen molar-refractivity contribution in [3.8, 4) is 0 Å². The van der Waals surface area contributed by atoms with Crippen LogP contribution in [0, 0.1) is 6.42 Å². The molecule has 1 amide bonds. The Morgan fingerprint density at radius 3 is 2.89 bits per heavy atom. The minimum atomic E-state index is -0.0490. The fourth-order valence-electron chi connectivity index (χ4n) is 0.378. The predicted molar refractivity (Wildman–Crippen MR) is 34.9 cm³/mol. The van der Waals surface area contributed by atoms with Gasteiger partial charge in [-0.05, 0) is 0 Å². The van der Waals surface area contributed by atoms with E-state index in [0.29, 0.717) is 13.2 Å². The fourth-order valence-corrected chi connectivity index (χ4v) is 0.378. The molecule has 0 unspecified atom stereocenters. The molecule has 0 spiro atoms. The van der Waals surface area contributed by atoms with E-state index in [1.807, 2.05) is 0 Å². The number of ether oxygens (including phenoxy) is 1. The molecule has 1 N–H and O–H groups in total. The molecule has 0 aromatic heterocycles. The van der Waals surface area contributed by atoms with Gasteiger partial charge in [0.15, 0.2) is 0 Å². The summed E-state index contributed by atoms with van der Waals surface area (Å²) in [6.45, 7) is 2.85. The van der Waals surface area contributed by atoms with Gasteiger partial charge in [-0.15, -0.1) is 0 Å². The van der Waals surface area contributed by atoms with E-state index < -0.39 is 0 Å². The molecule has 3 nitrogen and oxygen atoms in total. The molecule has 0 saturated carbocycles. The lowest BCUT2D eigenvalue weighted by atomic mass is 10.4. The minimum Gasteiger partial charge on any atom is -0.383 e. The van der Waals surface area contributed by atoms with Crippen molar-refractivity contribution in [2.24, 2.45) is 0 Å². The van der Waals surface area contributed by atoms with E-state index in [9.17, 15) is 4.79 Å². The van der Waals surface area contributed by atoms with E-state index in [1.165, 1.54) is 6.42 Å². The highest BCUT2D eigenvalue weighted by Crippen LogP contribution is 1.71. The zero-order chi connectivity index (χ0) is 7.11. The molecule has 0 saturated heterocycles. The van der Waals surface area contributed by atoms with Gasteiger partial charge < -0.3 is 10.1 Å². The van der Waals surface area contributed by atoms with Crippen LogP contribution in [0.1, 0.15) is 6.92 Å². The van der Waals surface area contributed by atoms with Crippen LogP contribution in [0.4, 0.5) is 0 Å². The molecule has 0 rings (SSSR count). The Hall–Kier alpha value is -0.570. The fraction of sp³-hybridized carbons (Fsp3) is 0.667. The summed E-state index contributed by atoms with van der Waals surface area (Å²) in [7, 11) is 1.60. The van der Waals surface area contributed by atoms with E-state index in [0.717, 1.165) is 0 Å². The van der Waals surface area contributed by atoms with Gasteiger partial charge in [0.1, 0.15) is 0 Å². The lowest BCUT2D eigenvalue weighted by Crippen LogP contribution is -2.26. The van der Waals surface area contributed by atoms with E-state index in [1.54, 1.807) is 14.0 Å². The van der Waals surface area contributed by atoms with Crippen molar-refractivity contribution >= 4 is 5.91 Å². The van der Waals surface area contributed by atoms with Crippen molar-refractivity contribution in [3.63, 3.8) is 0 Å². The third kappa shape index (κ3) is 5.30. The summed E-state index contributed by atoms with van der Waals surface area (Å²) in [5, 5.41) is 2.61. The molecule has 0 aliphatic rings. The summed E-state index contributed by atoms with van der Waals surface area (Å²) >= 11 is 0. The molecule has 0 fully saturated rings. The normalized spacial score (nSPS) is 9.11. The van der Waals surface area contributed by atoms with Gasteiger partial charge in [0.2, 0.25) is 5.91 Å². The van der Waals surface area contributed by atoms with Crippen LogP contribution < -0.4 is 5.32 Å². The first-order chi connectivity index (χ1) is 4.31. The smallest absolute Gasteiger partial charge is 0.223 e. The number of hydrogen-bond donors (Lipinski definition) is 1. The van der Waals surface area contributed by atoms with Gasteiger partial charge in [-0.25, -0.2) is 0 Å². The molecular formula is C6H12NO2. The maximum atomic E-state index is 10.5. The van der Waals surface area contributed by atoms with Crippen molar-refractivity contribution in [1.29, 1.82) is 0 Å². The first-order valence-corrected chi connectivity index (χ1v) is 2.87. The van der Waals surface area contributed by atoms with E-state index in [4.69, 9.17) is 4.74 Å². The summed E-state index contributed by atoms with van der Waals surface area (Å²) < 4.78 is 4.71. The molecule has 0 aromatic rings. The molecular weight excluding hydrogens is 118 g/mol. The van der Waals surface area contributed by atoms with Crippen LogP contribution in [0.25, 0.3) is 0 Å². The number of carbonyl (C=O) groups excluding carboxylic acids is 1. The van der Waals surface area contributed by atoms with Gasteiger partial charge in [-0.2, -0.15) is 0 Å². The highest BCUT2D eigenvalue weighted by molar-refractivity contribution is 5.83. The van der Waals surface area contributed by atoms with E-state index >= 15 is 0 Å². The second kappa shape index (κ2) is 5.56. The topological polar surface area (TPSA) is 38.3 Å². The Kier molecular flexibility index (Phi) is 5.21. The Bertz CT molecular complexity index is 83.1. The first-order valence-electron chi connectivity index (χ1n) is 2.87. The number of amides is 1. The second-order valence-corrected chi connectivity index (χ2v) is 1.57. The van der Waals surface area contributed by atoms with Gasteiger partial charge >= 0.3 is 0 Å². The van der Waals surface area contributed by atoms with Crippen molar-refractivity contribution in [2.75, 3.05) is 20.3 Å².